The molecule has 2 aromatic carbocycles. The second-order valence-electron chi connectivity index (χ2n) is 4.22. The molecule has 3 aromatic rings. The van der Waals surface area contributed by atoms with E-state index >= 15 is 0 Å². The summed E-state index contributed by atoms with van der Waals surface area (Å²) in [4.78, 5) is 19.0. The van der Waals surface area contributed by atoms with Gasteiger partial charge in [0.15, 0.2) is 0 Å². The van der Waals surface area contributed by atoms with Crippen LogP contribution in [-0.4, -0.2) is 16.0 Å². The lowest BCUT2D eigenvalue weighted by Crippen LogP contribution is -2.19. The molecule has 6 heteroatoms. The summed E-state index contributed by atoms with van der Waals surface area (Å²) in [6, 6.07) is 12.1. The second-order valence-corrected chi connectivity index (χ2v) is 4.66. The number of carbonyl (C=O) groups is 1. The van der Waals surface area contributed by atoms with Crippen LogP contribution in [0.25, 0.3) is 11.0 Å². The molecule has 0 atom stereocenters. The summed E-state index contributed by atoms with van der Waals surface area (Å²) in [5.74, 6) is 0. The van der Waals surface area contributed by atoms with Crippen LogP contribution in [0.5, 0.6) is 0 Å². The van der Waals surface area contributed by atoms with Crippen molar-refractivity contribution in [3.63, 3.8) is 0 Å². The summed E-state index contributed by atoms with van der Waals surface area (Å²) in [7, 11) is 0. The van der Waals surface area contributed by atoms with Crippen molar-refractivity contribution >= 4 is 40.0 Å². The van der Waals surface area contributed by atoms with Gasteiger partial charge in [-0.15, -0.1) is 0 Å². The van der Waals surface area contributed by atoms with E-state index in [0.29, 0.717) is 16.4 Å². The summed E-state index contributed by atoms with van der Waals surface area (Å²) < 4.78 is 0. The number of hydrogen-bond acceptors (Lipinski definition) is 2. The zero-order chi connectivity index (χ0) is 13.9. The first-order chi connectivity index (χ1) is 9.70. The highest BCUT2D eigenvalue weighted by atomic mass is 35.5. The third kappa shape index (κ3) is 2.73. The van der Waals surface area contributed by atoms with E-state index in [9.17, 15) is 4.79 Å². The Balaban J connectivity index is 1.72. The fourth-order valence-corrected chi connectivity index (χ4v) is 2.06. The first kappa shape index (κ1) is 12.5. The Bertz CT molecular complexity index is 768. The number of rotatable bonds is 2. The predicted octanol–water partition coefficient (Wildman–Crippen LogP) is 3.86. The van der Waals surface area contributed by atoms with Crippen LogP contribution in [0.2, 0.25) is 5.02 Å². The number of nitrogens with zero attached hydrogens (tertiary/aromatic N) is 1. The topological polar surface area (TPSA) is 69.8 Å². The smallest absolute Gasteiger partial charge is 0.323 e. The van der Waals surface area contributed by atoms with E-state index in [-0.39, 0.29) is 6.03 Å². The van der Waals surface area contributed by atoms with E-state index in [1.54, 1.807) is 36.7 Å². The van der Waals surface area contributed by atoms with E-state index in [2.05, 4.69) is 20.6 Å². The van der Waals surface area contributed by atoms with Crippen molar-refractivity contribution in [3.05, 3.63) is 53.8 Å². The molecular formula is C14H11ClN4O. The summed E-state index contributed by atoms with van der Waals surface area (Å²) in [5.41, 5.74) is 3.04. The molecule has 0 aliphatic carbocycles. The number of carbonyl (C=O) groups excluding carboxylic acids is 1. The minimum atomic E-state index is -0.328. The van der Waals surface area contributed by atoms with Gasteiger partial charge in [0.1, 0.15) is 0 Å². The standard InChI is InChI=1S/C14H11ClN4O/c15-9-2-1-3-10(6-9)18-14(20)19-11-4-5-12-13(7-11)17-8-16-12/h1-8H,(H,16,17)(H2,18,19,20). The van der Waals surface area contributed by atoms with Crippen LogP contribution in [0.4, 0.5) is 16.2 Å². The van der Waals surface area contributed by atoms with E-state index in [1.165, 1.54) is 0 Å². The van der Waals surface area contributed by atoms with Gasteiger partial charge in [-0.1, -0.05) is 17.7 Å². The molecule has 1 heterocycles. The van der Waals surface area contributed by atoms with Crippen molar-refractivity contribution in [2.75, 3.05) is 10.6 Å². The van der Waals surface area contributed by atoms with Gasteiger partial charge in [0.05, 0.1) is 17.4 Å². The number of halogens is 1. The number of benzene rings is 2. The molecule has 0 unspecified atom stereocenters. The highest BCUT2D eigenvalue weighted by Crippen LogP contribution is 2.17. The Morgan fingerprint density at radius 1 is 1.10 bits per heavy atom. The number of aromatic amines is 1. The number of urea groups is 1. The van der Waals surface area contributed by atoms with Gasteiger partial charge < -0.3 is 15.6 Å². The van der Waals surface area contributed by atoms with Gasteiger partial charge in [-0.2, -0.15) is 0 Å². The maximum Gasteiger partial charge on any atom is 0.323 e. The fraction of sp³-hybridized carbons (Fsp3) is 0. The van der Waals surface area contributed by atoms with E-state index < -0.39 is 0 Å². The molecule has 0 aliphatic rings. The molecule has 5 nitrogen and oxygen atoms in total. The number of hydrogen-bond donors (Lipinski definition) is 3. The molecule has 0 spiro atoms. The number of H-pyrrole nitrogens is 1. The van der Waals surface area contributed by atoms with Crippen LogP contribution in [0.1, 0.15) is 0 Å². The summed E-state index contributed by atoms with van der Waals surface area (Å²) in [5, 5.41) is 6.03. The number of anilines is 2. The van der Waals surface area contributed by atoms with Crippen molar-refractivity contribution < 1.29 is 4.79 Å². The minimum absolute atomic E-state index is 0.328. The van der Waals surface area contributed by atoms with Crippen LogP contribution in [0, 0.1) is 0 Å². The zero-order valence-corrected chi connectivity index (χ0v) is 11.1. The lowest BCUT2D eigenvalue weighted by atomic mass is 10.3. The van der Waals surface area contributed by atoms with Crippen molar-refractivity contribution in [1.82, 2.24) is 9.97 Å². The SMILES string of the molecule is O=C(Nc1cccc(Cl)c1)Nc1ccc2nc[nH]c2c1. The molecule has 3 N–H and O–H groups in total. The van der Waals surface area contributed by atoms with Crippen molar-refractivity contribution in [2.45, 2.75) is 0 Å². The maximum absolute atomic E-state index is 11.9. The third-order valence-corrected chi connectivity index (χ3v) is 3.00. The highest BCUT2D eigenvalue weighted by Gasteiger charge is 2.04. The summed E-state index contributed by atoms with van der Waals surface area (Å²) in [6.45, 7) is 0. The molecule has 0 fully saturated rings. The number of nitrogens with one attached hydrogen (secondary N) is 3. The fourth-order valence-electron chi connectivity index (χ4n) is 1.87. The van der Waals surface area contributed by atoms with Crippen molar-refractivity contribution in [3.8, 4) is 0 Å². The molecule has 0 bridgehead atoms. The normalized spacial score (nSPS) is 10.4. The van der Waals surface area contributed by atoms with Gasteiger partial charge in [0, 0.05) is 16.4 Å². The van der Waals surface area contributed by atoms with Gasteiger partial charge in [0.2, 0.25) is 0 Å². The minimum Gasteiger partial charge on any atom is -0.345 e. The lowest BCUT2D eigenvalue weighted by Gasteiger charge is -2.07. The molecule has 2 amide bonds. The van der Waals surface area contributed by atoms with Crippen LogP contribution < -0.4 is 10.6 Å². The first-order valence-corrected chi connectivity index (χ1v) is 6.35. The van der Waals surface area contributed by atoms with Crippen LogP contribution in [0.3, 0.4) is 0 Å². The van der Waals surface area contributed by atoms with Gasteiger partial charge in [-0.05, 0) is 36.4 Å². The van der Waals surface area contributed by atoms with Gasteiger partial charge in [0.25, 0.3) is 0 Å². The molecule has 0 saturated heterocycles. The number of fused-ring (bicyclic) bond motifs is 1. The van der Waals surface area contributed by atoms with Gasteiger partial charge in [-0.3, -0.25) is 0 Å². The Hall–Kier alpha value is -2.53. The molecule has 1 aromatic heterocycles. The number of amides is 2. The van der Waals surface area contributed by atoms with E-state index in [1.807, 2.05) is 12.1 Å². The lowest BCUT2D eigenvalue weighted by molar-refractivity contribution is 0.262. The monoisotopic (exact) mass is 286 g/mol. The average Bonchev–Trinajstić information content (AvgIpc) is 2.86. The van der Waals surface area contributed by atoms with Crippen LogP contribution in [-0.2, 0) is 0 Å². The Morgan fingerprint density at radius 3 is 2.70 bits per heavy atom. The second kappa shape index (κ2) is 5.22. The molecule has 0 aliphatic heterocycles. The third-order valence-electron chi connectivity index (χ3n) is 2.76. The predicted molar refractivity (Wildman–Crippen MR) is 80.2 cm³/mol. The average molecular weight is 287 g/mol. The van der Waals surface area contributed by atoms with Crippen molar-refractivity contribution in [2.24, 2.45) is 0 Å². The summed E-state index contributed by atoms with van der Waals surface area (Å²) >= 11 is 5.86. The Morgan fingerprint density at radius 2 is 1.90 bits per heavy atom. The molecule has 3 rings (SSSR count). The highest BCUT2D eigenvalue weighted by molar-refractivity contribution is 6.30. The Labute approximate surface area is 120 Å². The molecule has 0 saturated carbocycles. The Kier molecular flexibility index (Phi) is 3.26. The molecular weight excluding hydrogens is 276 g/mol. The van der Waals surface area contributed by atoms with Crippen LogP contribution >= 0.6 is 11.6 Å². The van der Waals surface area contributed by atoms with Gasteiger partial charge in [-0.25, -0.2) is 9.78 Å². The van der Waals surface area contributed by atoms with E-state index in [0.717, 1.165) is 11.0 Å². The maximum atomic E-state index is 11.9. The van der Waals surface area contributed by atoms with Crippen LogP contribution in [0.15, 0.2) is 48.8 Å². The van der Waals surface area contributed by atoms with Gasteiger partial charge >= 0.3 is 6.03 Å². The number of aromatic nitrogens is 2. The summed E-state index contributed by atoms with van der Waals surface area (Å²) in [6.07, 6.45) is 1.61. The molecule has 100 valence electrons. The quantitative estimate of drug-likeness (QED) is 0.669. The molecule has 0 radical (unpaired) electrons. The van der Waals surface area contributed by atoms with E-state index in [4.69, 9.17) is 11.6 Å². The number of imidazole rings is 1. The first-order valence-electron chi connectivity index (χ1n) is 5.97. The van der Waals surface area contributed by atoms with Crippen molar-refractivity contribution in [1.29, 1.82) is 0 Å². The molecule has 20 heavy (non-hydrogen) atoms. The zero-order valence-electron chi connectivity index (χ0n) is 10.4. The largest absolute Gasteiger partial charge is 0.345 e.